The molecule has 1 aliphatic heterocycles. The molecule has 4 heteroatoms. The molecule has 1 heterocycles. The molecule has 1 fully saturated rings. The first-order chi connectivity index (χ1) is 8.65. The Balaban J connectivity index is 1.77. The quantitative estimate of drug-likeness (QED) is 0.909. The third kappa shape index (κ3) is 3.87. The van der Waals surface area contributed by atoms with Crippen molar-refractivity contribution in [2.45, 2.75) is 26.0 Å². The van der Waals surface area contributed by atoms with Crippen LogP contribution >= 0.6 is 11.6 Å². The van der Waals surface area contributed by atoms with Crippen LogP contribution in [0.2, 0.25) is 5.02 Å². The van der Waals surface area contributed by atoms with Gasteiger partial charge in [-0.3, -0.25) is 4.90 Å². The van der Waals surface area contributed by atoms with E-state index in [4.69, 9.17) is 16.3 Å². The molecule has 1 saturated heterocycles. The third-order valence-corrected chi connectivity index (χ3v) is 3.52. The molecule has 0 bridgehead atoms. The van der Waals surface area contributed by atoms with Crippen LogP contribution in [0.4, 0.5) is 5.69 Å². The van der Waals surface area contributed by atoms with Crippen molar-refractivity contribution in [2.24, 2.45) is 0 Å². The Morgan fingerprint density at radius 3 is 3.06 bits per heavy atom. The van der Waals surface area contributed by atoms with E-state index in [9.17, 15) is 0 Å². The highest BCUT2D eigenvalue weighted by Gasteiger charge is 2.22. The minimum Gasteiger partial charge on any atom is -0.384 e. The van der Waals surface area contributed by atoms with Crippen molar-refractivity contribution >= 4 is 17.3 Å². The lowest BCUT2D eigenvalue weighted by atomic mass is 10.2. The summed E-state index contributed by atoms with van der Waals surface area (Å²) in [5, 5.41) is 4.17. The lowest BCUT2D eigenvalue weighted by Gasteiger charge is -2.36. The summed E-state index contributed by atoms with van der Waals surface area (Å²) in [4.78, 5) is 2.46. The summed E-state index contributed by atoms with van der Waals surface area (Å²) < 4.78 is 5.62. The first kappa shape index (κ1) is 13.7. The number of benzene rings is 1. The highest BCUT2D eigenvalue weighted by atomic mass is 35.5. The maximum atomic E-state index is 5.95. The van der Waals surface area contributed by atoms with E-state index >= 15 is 0 Å². The lowest BCUT2D eigenvalue weighted by Crippen LogP contribution is -2.48. The summed E-state index contributed by atoms with van der Waals surface area (Å²) in [5.41, 5.74) is 1.08. The summed E-state index contributed by atoms with van der Waals surface area (Å²) in [7, 11) is 0. The molecule has 0 aliphatic carbocycles. The molecule has 0 spiro atoms. The van der Waals surface area contributed by atoms with Gasteiger partial charge in [-0.15, -0.1) is 0 Å². The van der Waals surface area contributed by atoms with E-state index in [-0.39, 0.29) is 0 Å². The van der Waals surface area contributed by atoms with Crippen LogP contribution in [0.3, 0.4) is 0 Å². The molecule has 0 radical (unpaired) electrons. The van der Waals surface area contributed by atoms with Crippen LogP contribution in [-0.4, -0.2) is 43.3 Å². The Hall–Kier alpha value is -0.770. The van der Waals surface area contributed by atoms with E-state index in [1.807, 2.05) is 24.3 Å². The van der Waals surface area contributed by atoms with Gasteiger partial charge in [0.15, 0.2) is 0 Å². The number of halogens is 1. The second-order valence-electron chi connectivity index (χ2n) is 4.93. The van der Waals surface area contributed by atoms with Crippen LogP contribution in [0, 0.1) is 0 Å². The van der Waals surface area contributed by atoms with Gasteiger partial charge in [0.1, 0.15) is 0 Å². The standard InChI is InChI=1S/C14H21ClN2O/c1-11-10-18-12(2)9-17(11)7-6-16-14-5-3-4-13(15)8-14/h3-5,8,11-12,16H,6-7,9-10H2,1-2H3. The van der Waals surface area contributed by atoms with Crippen LogP contribution in [0.5, 0.6) is 0 Å². The molecule has 1 N–H and O–H groups in total. The predicted molar refractivity (Wildman–Crippen MR) is 76.4 cm³/mol. The van der Waals surface area contributed by atoms with Crippen LogP contribution in [0.15, 0.2) is 24.3 Å². The normalized spacial score (nSPS) is 25.1. The fourth-order valence-corrected chi connectivity index (χ4v) is 2.42. The van der Waals surface area contributed by atoms with Gasteiger partial charge in [-0.05, 0) is 32.0 Å². The second-order valence-corrected chi connectivity index (χ2v) is 5.36. The van der Waals surface area contributed by atoms with E-state index in [2.05, 4.69) is 24.1 Å². The Bertz CT molecular complexity index is 386. The minimum atomic E-state index is 0.340. The van der Waals surface area contributed by atoms with E-state index in [0.717, 1.165) is 37.0 Å². The summed E-state index contributed by atoms with van der Waals surface area (Å²) in [5.74, 6) is 0. The Kier molecular flexibility index (Phi) is 4.87. The van der Waals surface area contributed by atoms with Gasteiger partial charge >= 0.3 is 0 Å². The number of nitrogens with one attached hydrogen (secondary N) is 1. The number of anilines is 1. The van der Waals surface area contributed by atoms with Crippen LogP contribution in [-0.2, 0) is 4.74 Å². The van der Waals surface area contributed by atoms with Gasteiger partial charge in [0.05, 0.1) is 12.7 Å². The van der Waals surface area contributed by atoms with E-state index in [0.29, 0.717) is 12.1 Å². The van der Waals surface area contributed by atoms with Gasteiger partial charge in [-0.2, -0.15) is 0 Å². The molecule has 1 aliphatic rings. The van der Waals surface area contributed by atoms with E-state index in [1.54, 1.807) is 0 Å². The largest absolute Gasteiger partial charge is 0.384 e. The van der Waals surface area contributed by atoms with Gasteiger partial charge in [0.2, 0.25) is 0 Å². The number of morpholine rings is 1. The maximum absolute atomic E-state index is 5.95. The molecule has 2 rings (SSSR count). The predicted octanol–water partition coefficient (Wildman–Crippen LogP) is 2.86. The molecule has 100 valence electrons. The van der Waals surface area contributed by atoms with Crippen molar-refractivity contribution in [1.29, 1.82) is 0 Å². The highest BCUT2D eigenvalue weighted by molar-refractivity contribution is 6.30. The monoisotopic (exact) mass is 268 g/mol. The van der Waals surface area contributed by atoms with Crippen LogP contribution in [0.1, 0.15) is 13.8 Å². The summed E-state index contributed by atoms with van der Waals surface area (Å²) in [6, 6.07) is 8.34. The van der Waals surface area contributed by atoms with Crippen molar-refractivity contribution < 1.29 is 4.74 Å². The average molecular weight is 269 g/mol. The first-order valence-corrected chi connectivity index (χ1v) is 6.88. The molecule has 1 aromatic rings. The van der Waals surface area contributed by atoms with Crippen molar-refractivity contribution in [3.8, 4) is 0 Å². The van der Waals surface area contributed by atoms with Crippen molar-refractivity contribution in [2.75, 3.05) is 31.6 Å². The molecule has 3 nitrogen and oxygen atoms in total. The molecule has 18 heavy (non-hydrogen) atoms. The fourth-order valence-electron chi connectivity index (χ4n) is 2.23. The topological polar surface area (TPSA) is 24.5 Å². The van der Waals surface area contributed by atoms with Crippen LogP contribution < -0.4 is 5.32 Å². The Labute approximate surface area is 114 Å². The van der Waals surface area contributed by atoms with Gasteiger partial charge < -0.3 is 10.1 Å². The number of hydrogen-bond acceptors (Lipinski definition) is 3. The van der Waals surface area contributed by atoms with Gasteiger partial charge in [-0.25, -0.2) is 0 Å². The molecular formula is C14H21ClN2O. The molecular weight excluding hydrogens is 248 g/mol. The second kappa shape index (κ2) is 6.41. The van der Waals surface area contributed by atoms with E-state index in [1.165, 1.54) is 0 Å². The molecule has 2 unspecified atom stereocenters. The van der Waals surface area contributed by atoms with Gasteiger partial charge in [0.25, 0.3) is 0 Å². The number of ether oxygens (including phenoxy) is 1. The lowest BCUT2D eigenvalue weighted by molar-refractivity contribution is -0.0476. The molecule has 0 amide bonds. The van der Waals surface area contributed by atoms with Crippen molar-refractivity contribution in [1.82, 2.24) is 4.90 Å². The molecule has 1 aromatic carbocycles. The zero-order chi connectivity index (χ0) is 13.0. The molecule has 0 aromatic heterocycles. The summed E-state index contributed by atoms with van der Waals surface area (Å²) in [6.45, 7) is 8.14. The minimum absolute atomic E-state index is 0.340. The number of nitrogens with zero attached hydrogens (tertiary/aromatic N) is 1. The number of rotatable bonds is 4. The van der Waals surface area contributed by atoms with Crippen molar-refractivity contribution in [3.05, 3.63) is 29.3 Å². The zero-order valence-corrected chi connectivity index (χ0v) is 11.8. The summed E-state index contributed by atoms with van der Waals surface area (Å²) >= 11 is 5.95. The zero-order valence-electron chi connectivity index (χ0n) is 11.0. The van der Waals surface area contributed by atoms with Gasteiger partial charge in [0, 0.05) is 36.4 Å². The molecule has 2 atom stereocenters. The number of hydrogen-bond donors (Lipinski definition) is 1. The van der Waals surface area contributed by atoms with Crippen LogP contribution in [0.25, 0.3) is 0 Å². The highest BCUT2D eigenvalue weighted by Crippen LogP contribution is 2.15. The first-order valence-electron chi connectivity index (χ1n) is 6.50. The van der Waals surface area contributed by atoms with E-state index < -0.39 is 0 Å². The SMILES string of the molecule is CC1CN(CCNc2cccc(Cl)c2)C(C)CO1. The average Bonchev–Trinajstić information content (AvgIpc) is 2.34. The summed E-state index contributed by atoms with van der Waals surface area (Å²) in [6.07, 6.45) is 0.340. The fraction of sp³-hybridized carbons (Fsp3) is 0.571. The third-order valence-electron chi connectivity index (χ3n) is 3.29. The smallest absolute Gasteiger partial charge is 0.0674 e. The maximum Gasteiger partial charge on any atom is 0.0674 e. The Morgan fingerprint density at radius 1 is 1.44 bits per heavy atom. The van der Waals surface area contributed by atoms with Crippen molar-refractivity contribution in [3.63, 3.8) is 0 Å². The van der Waals surface area contributed by atoms with Gasteiger partial charge in [-0.1, -0.05) is 17.7 Å². The Morgan fingerprint density at radius 2 is 2.28 bits per heavy atom. The molecule has 0 saturated carbocycles.